The van der Waals surface area contributed by atoms with E-state index >= 15 is 0 Å². The number of methoxy groups -OCH3 is 1. The summed E-state index contributed by atoms with van der Waals surface area (Å²) in [5, 5.41) is 12.3. The number of carbonyl (C=O) groups excluding carboxylic acids is 1. The number of hydrogen-bond acceptors (Lipinski definition) is 4. The predicted octanol–water partition coefficient (Wildman–Crippen LogP) is 5.57. The van der Waals surface area contributed by atoms with Gasteiger partial charge in [-0.25, -0.2) is 9.18 Å². The molecule has 0 bridgehead atoms. The van der Waals surface area contributed by atoms with E-state index in [1.807, 2.05) is 13.8 Å². The molecule has 0 radical (unpaired) electrons. The molecule has 0 aliphatic heterocycles. The lowest BCUT2D eigenvalue weighted by Crippen LogP contribution is -2.23. The average molecular weight is 472 g/mol. The minimum absolute atomic E-state index is 0.0202. The molecule has 0 saturated carbocycles. The number of carbonyl (C=O) groups is 2. The Kier molecular flexibility index (Phi) is 7.55. The number of carboxylic acid groups (broad SMARTS) is 1. The Morgan fingerprint density at radius 3 is 2.36 bits per heavy atom. The zero-order valence-corrected chi connectivity index (χ0v) is 19.1. The molecule has 33 heavy (non-hydrogen) atoms. The van der Waals surface area contributed by atoms with E-state index in [1.54, 1.807) is 36.4 Å². The van der Waals surface area contributed by atoms with Crippen molar-refractivity contribution in [3.8, 4) is 22.6 Å². The number of hydrogen-bond donors (Lipinski definition) is 2. The molecule has 2 N–H and O–H groups in total. The Bertz CT molecular complexity index is 1200. The van der Waals surface area contributed by atoms with Gasteiger partial charge in [0.1, 0.15) is 17.3 Å². The Morgan fingerprint density at radius 1 is 1.03 bits per heavy atom. The number of ether oxygens (including phenoxy) is 2. The molecule has 0 aliphatic carbocycles. The number of rotatable bonds is 8. The molecule has 8 heteroatoms. The summed E-state index contributed by atoms with van der Waals surface area (Å²) in [5.74, 6) is -1.43. The van der Waals surface area contributed by atoms with Gasteiger partial charge in [-0.15, -0.1) is 0 Å². The maximum absolute atomic E-state index is 13.8. The molecule has 1 amide bonds. The maximum Gasteiger partial charge on any atom is 0.338 e. The molecule has 0 aromatic heterocycles. The SMILES string of the molecule is COc1ccc(-c2ccc(F)c(C(=O)O)c2)cc1CNC(=O)c1ccc(OC(C)C)cc1Cl. The summed E-state index contributed by atoms with van der Waals surface area (Å²) in [4.78, 5) is 24.0. The third-order valence-corrected chi connectivity index (χ3v) is 5.12. The van der Waals surface area contributed by atoms with Crippen LogP contribution in [-0.2, 0) is 6.54 Å². The topological polar surface area (TPSA) is 84.9 Å². The van der Waals surface area contributed by atoms with Crippen molar-refractivity contribution in [3.63, 3.8) is 0 Å². The van der Waals surface area contributed by atoms with Crippen LogP contribution in [0.4, 0.5) is 4.39 Å². The Hall–Kier alpha value is -3.58. The maximum atomic E-state index is 13.8. The molecule has 3 aromatic rings. The van der Waals surface area contributed by atoms with Crippen molar-refractivity contribution in [2.75, 3.05) is 7.11 Å². The first-order valence-electron chi connectivity index (χ1n) is 10.1. The molecular formula is C25H23ClFNO5. The number of amides is 1. The summed E-state index contributed by atoms with van der Waals surface area (Å²) in [5.41, 5.74) is 1.70. The van der Waals surface area contributed by atoms with Crippen molar-refractivity contribution in [1.29, 1.82) is 0 Å². The molecule has 3 rings (SSSR count). The Balaban J connectivity index is 1.82. The minimum Gasteiger partial charge on any atom is -0.496 e. The lowest BCUT2D eigenvalue weighted by atomic mass is 10.00. The van der Waals surface area contributed by atoms with E-state index in [0.717, 1.165) is 6.07 Å². The highest BCUT2D eigenvalue weighted by atomic mass is 35.5. The molecule has 0 aliphatic rings. The largest absolute Gasteiger partial charge is 0.496 e. The standard InChI is InChI=1S/C25H23ClFNO5/c1-14(2)33-18-6-7-19(21(26)12-18)24(29)28-13-17-10-15(5-9-23(17)32-3)16-4-8-22(27)20(11-16)25(30)31/h4-12,14H,13H2,1-3H3,(H,28,29)(H,30,31). The minimum atomic E-state index is -1.35. The van der Waals surface area contributed by atoms with Crippen LogP contribution in [0.3, 0.4) is 0 Å². The van der Waals surface area contributed by atoms with Gasteiger partial charge in [-0.05, 0) is 67.4 Å². The zero-order chi connectivity index (χ0) is 24.1. The first-order valence-corrected chi connectivity index (χ1v) is 10.5. The van der Waals surface area contributed by atoms with E-state index in [2.05, 4.69) is 5.32 Å². The van der Waals surface area contributed by atoms with Crippen molar-refractivity contribution in [2.24, 2.45) is 0 Å². The van der Waals surface area contributed by atoms with Gasteiger partial charge >= 0.3 is 5.97 Å². The van der Waals surface area contributed by atoms with Crippen LogP contribution in [0.25, 0.3) is 11.1 Å². The molecule has 0 spiro atoms. The zero-order valence-electron chi connectivity index (χ0n) is 18.3. The second-order valence-corrected chi connectivity index (χ2v) is 7.92. The van der Waals surface area contributed by atoms with Crippen LogP contribution in [0, 0.1) is 5.82 Å². The van der Waals surface area contributed by atoms with Gasteiger partial charge in [0.05, 0.1) is 29.4 Å². The molecule has 0 atom stereocenters. The lowest BCUT2D eigenvalue weighted by Gasteiger charge is -2.14. The van der Waals surface area contributed by atoms with Crippen molar-refractivity contribution < 1.29 is 28.6 Å². The van der Waals surface area contributed by atoms with Crippen molar-refractivity contribution in [3.05, 3.63) is 82.1 Å². The van der Waals surface area contributed by atoms with E-state index in [0.29, 0.717) is 33.8 Å². The molecule has 6 nitrogen and oxygen atoms in total. The average Bonchev–Trinajstić information content (AvgIpc) is 2.77. The van der Waals surface area contributed by atoms with Gasteiger partial charge in [-0.1, -0.05) is 23.7 Å². The highest BCUT2D eigenvalue weighted by Gasteiger charge is 2.15. The number of nitrogens with one attached hydrogen (secondary N) is 1. The van der Waals surface area contributed by atoms with Crippen molar-refractivity contribution in [1.82, 2.24) is 5.32 Å². The molecule has 0 saturated heterocycles. The van der Waals surface area contributed by atoms with Gasteiger partial charge in [0.15, 0.2) is 0 Å². The summed E-state index contributed by atoms with van der Waals surface area (Å²) in [7, 11) is 1.51. The lowest BCUT2D eigenvalue weighted by molar-refractivity contribution is 0.0691. The normalized spacial score (nSPS) is 10.7. The first-order chi connectivity index (χ1) is 15.7. The Morgan fingerprint density at radius 2 is 1.73 bits per heavy atom. The summed E-state index contributed by atoms with van der Waals surface area (Å²) in [6.45, 7) is 3.91. The first kappa shape index (κ1) is 24.1. The van der Waals surface area contributed by atoms with Crippen LogP contribution < -0.4 is 14.8 Å². The van der Waals surface area contributed by atoms with E-state index in [9.17, 15) is 19.1 Å². The number of carboxylic acids is 1. The number of aromatic carboxylic acids is 1. The van der Waals surface area contributed by atoms with E-state index < -0.39 is 17.3 Å². The fraction of sp³-hybridized carbons (Fsp3) is 0.200. The molecule has 172 valence electrons. The summed E-state index contributed by atoms with van der Waals surface area (Å²) in [6, 6.07) is 13.9. The summed E-state index contributed by atoms with van der Waals surface area (Å²) in [6.07, 6.45) is -0.0202. The predicted molar refractivity (Wildman–Crippen MR) is 124 cm³/mol. The van der Waals surface area contributed by atoms with Crippen LogP contribution in [0.5, 0.6) is 11.5 Å². The Labute approximate surface area is 195 Å². The molecular weight excluding hydrogens is 449 g/mol. The van der Waals surface area contributed by atoms with Gasteiger partial charge in [-0.2, -0.15) is 0 Å². The number of benzene rings is 3. The van der Waals surface area contributed by atoms with Gasteiger partial charge in [0, 0.05) is 12.1 Å². The smallest absolute Gasteiger partial charge is 0.338 e. The van der Waals surface area contributed by atoms with Gasteiger partial charge in [-0.3, -0.25) is 4.79 Å². The summed E-state index contributed by atoms with van der Waals surface area (Å²) >= 11 is 6.26. The highest BCUT2D eigenvalue weighted by Crippen LogP contribution is 2.29. The fourth-order valence-corrected chi connectivity index (χ4v) is 3.52. The van der Waals surface area contributed by atoms with E-state index in [-0.39, 0.29) is 23.6 Å². The van der Waals surface area contributed by atoms with Crippen LogP contribution in [0.2, 0.25) is 5.02 Å². The highest BCUT2D eigenvalue weighted by molar-refractivity contribution is 6.34. The van der Waals surface area contributed by atoms with Gasteiger partial charge in [0.25, 0.3) is 5.91 Å². The van der Waals surface area contributed by atoms with Crippen LogP contribution >= 0.6 is 11.6 Å². The molecule has 3 aromatic carbocycles. The monoisotopic (exact) mass is 471 g/mol. The molecule has 0 heterocycles. The fourth-order valence-electron chi connectivity index (χ4n) is 3.26. The number of halogens is 2. The second-order valence-electron chi connectivity index (χ2n) is 7.52. The van der Waals surface area contributed by atoms with Gasteiger partial charge in [0.2, 0.25) is 0 Å². The summed E-state index contributed by atoms with van der Waals surface area (Å²) < 4.78 is 24.7. The molecule has 0 unspecified atom stereocenters. The van der Waals surface area contributed by atoms with Crippen LogP contribution in [0.15, 0.2) is 54.6 Å². The van der Waals surface area contributed by atoms with Gasteiger partial charge < -0.3 is 19.9 Å². The van der Waals surface area contributed by atoms with E-state index in [4.69, 9.17) is 21.1 Å². The van der Waals surface area contributed by atoms with Crippen LogP contribution in [-0.4, -0.2) is 30.2 Å². The van der Waals surface area contributed by atoms with Crippen molar-refractivity contribution >= 4 is 23.5 Å². The third-order valence-electron chi connectivity index (χ3n) is 4.81. The quantitative estimate of drug-likeness (QED) is 0.448. The van der Waals surface area contributed by atoms with E-state index in [1.165, 1.54) is 19.2 Å². The third kappa shape index (κ3) is 5.81. The second kappa shape index (κ2) is 10.4. The van der Waals surface area contributed by atoms with Crippen LogP contribution in [0.1, 0.15) is 40.1 Å². The van der Waals surface area contributed by atoms with Crippen molar-refractivity contribution in [2.45, 2.75) is 26.5 Å². The molecule has 0 fully saturated rings.